The molecule has 0 rings (SSSR count). The lowest BCUT2D eigenvalue weighted by Gasteiger charge is -2.26. The molecule has 0 aliphatic heterocycles. The van der Waals surface area contributed by atoms with Gasteiger partial charge in [-0.25, -0.2) is 4.79 Å². The van der Waals surface area contributed by atoms with Crippen LogP contribution in [0.3, 0.4) is 0 Å². The van der Waals surface area contributed by atoms with Crippen LogP contribution in [0.1, 0.15) is 96.8 Å². The highest BCUT2D eigenvalue weighted by molar-refractivity contribution is 5.90. The molecule has 0 fully saturated rings. The van der Waals surface area contributed by atoms with Crippen LogP contribution in [-0.2, 0) is 14.4 Å². The summed E-state index contributed by atoms with van der Waals surface area (Å²) in [5.41, 5.74) is -2.87. The zero-order chi connectivity index (χ0) is 22.1. The fraction of sp³-hybridized carbons (Fsp3) is 0.773. The van der Waals surface area contributed by atoms with Crippen LogP contribution in [0.15, 0.2) is 12.2 Å². The highest BCUT2D eigenvalue weighted by atomic mass is 16.4. The summed E-state index contributed by atoms with van der Waals surface area (Å²) < 4.78 is 0. The fourth-order valence-corrected chi connectivity index (χ4v) is 3.33. The lowest BCUT2D eigenvalue weighted by molar-refractivity contribution is -0.175. The number of carboxylic acids is 3. The minimum atomic E-state index is -2.87. The normalized spacial score (nSPS) is 14.6. The minimum absolute atomic E-state index is 0.560. The average Bonchev–Trinajstić information content (AvgIpc) is 2.63. The lowest BCUT2D eigenvalue weighted by Crippen LogP contribution is -2.50. The topological polar surface area (TPSA) is 132 Å². The summed E-state index contributed by atoms with van der Waals surface area (Å²) in [5, 5.41) is 37.2. The second-order valence-corrected chi connectivity index (χ2v) is 7.72. The predicted molar refractivity (Wildman–Crippen MR) is 111 cm³/mol. The van der Waals surface area contributed by atoms with Gasteiger partial charge in [0, 0.05) is 0 Å². The van der Waals surface area contributed by atoms with E-state index in [0.717, 1.165) is 25.3 Å². The Hall–Kier alpha value is -1.89. The Labute approximate surface area is 173 Å². The van der Waals surface area contributed by atoms with Crippen LogP contribution in [-0.4, -0.2) is 43.9 Å². The first-order chi connectivity index (χ1) is 13.8. The molecule has 7 heteroatoms. The molecule has 0 aliphatic carbocycles. The van der Waals surface area contributed by atoms with Crippen LogP contribution >= 0.6 is 0 Å². The molecule has 168 valence electrons. The average molecular weight is 415 g/mol. The first kappa shape index (κ1) is 27.1. The summed E-state index contributed by atoms with van der Waals surface area (Å²) in [6.45, 7) is 2.22. The zero-order valence-corrected chi connectivity index (χ0v) is 17.6. The van der Waals surface area contributed by atoms with Crippen molar-refractivity contribution in [1.82, 2.24) is 0 Å². The number of allylic oxidation sites excluding steroid dienone is 1. The summed E-state index contributed by atoms with van der Waals surface area (Å²) in [6.07, 6.45) is 16.5. The molecule has 2 unspecified atom stereocenters. The monoisotopic (exact) mass is 414 g/mol. The third-order valence-corrected chi connectivity index (χ3v) is 5.12. The molecule has 29 heavy (non-hydrogen) atoms. The number of aliphatic hydroxyl groups is 1. The highest BCUT2D eigenvalue weighted by Crippen LogP contribution is 2.25. The SMILES string of the molecule is CCCCCCCCCCCCCC/C=C/C(C(=O)O)C(O)(CC(=O)O)C(=O)O. The number of hydrogen-bond donors (Lipinski definition) is 4. The highest BCUT2D eigenvalue weighted by Gasteiger charge is 2.48. The summed E-state index contributed by atoms with van der Waals surface area (Å²) in [7, 11) is 0. The smallest absolute Gasteiger partial charge is 0.337 e. The molecule has 0 aliphatic rings. The molecule has 0 aromatic heterocycles. The second kappa shape index (κ2) is 16.0. The fourth-order valence-electron chi connectivity index (χ4n) is 3.33. The number of hydrogen-bond acceptors (Lipinski definition) is 4. The van der Waals surface area contributed by atoms with Gasteiger partial charge in [-0.2, -0.15) is 0 Å². The van der Waals surface area contributed by atoms with E-state index in [9.17, 15) is 24.6 Å². The maximum Gasteiger partial charge on any atom is 0.337 e. The Bertz CT molecular complexity index is 515. The van der Waals surface area contributed by atoms with Crippen molar-refractivity contribution < 1.29 is 34.8 Å². The first-order valence-corrected chi connectivity index (χ1v) is 10.8. The molecule has 0 aromatic carbocycles. The molecule has 7 nitrogen and oxygen atoms in total. The van der Waals surface area contributed by atoms with Crippen LogP contribution in [0.5, 0.6) is 0 Å². The van der Waals surface area contributed by atoms with Crippen molar-refractivity contribution in [3.05, 3.63) is 12.2 Å². The van der Waals surface area contributed by atoms with Gasteiger partial charge in [-0.1, -0.05) is 89.7 Å². The standard InChI is InChI=1S/C22H38O7/c1-2-3-4-5-6-7-8-9-10-11-12-13-14-15-16-18(20(25)26)22(29,21(27)28)17-19(23)24/h15-16,18,29H,2-14,17H2,1H3,(H,23,24)(H,25,26)(H,27,28)/b16-15+. The van der Waals surface area contributed by atoms with E-state index in [2.05, 4.69) is 6.92 Å². The molecule has 0 saturated heterocycles. The molecule has 0 bridgehead atoms. The number of rotatable bonds is 19. The van der Waals surface area contributed by atoms with Gasteiger partial charge >= 0.3 is 17.9 Å². The quantitative estimate of drug-likeness (QED) is 0.179. The van der Waals surface area contributed by atoms with Crippen molar-refractivity contribution in [2.45, 2.75) is 102 Å². The van der Waals surface area contributed by atoms with E-state index in [4.69, 9.17) is 10.2 Å². The van der Waals surface area contributed by atoms with Crippen LogP contribution < -0.4 is 0 Å². The van der Waals surface area contributed by atoms with Crippen LogP contribution in [0.2, 0.25) is 0 Å². The molecule has 0 aromatic rings. The van der Waals surface area contributed by atoms with Crippen LogP contribution in [0.25, 0.3) is 0 Å². The molecule has 0 heterocycles. The van der Waals surface area contributed by atoms with Gasteiger partial charge in [0.25, 0.3) is 0 Å². The van der Waals surface area contributed by atoms with E-state index in [0.29, 0.717) is 6.42 Å². The van der Waals surface area contributed by atoms with Gasteiger partial charge in [0.2, 0.25) is 0 Å². The predicted octanol–water partition coefficient (Wildman–Crippen LogP) is 4.63. The Morgan fingerprint density at radius 3 is 1.62 bits per heavy atom. The van der Waals surface area contributed by atoms with Gasteiger partial charge in [-0.3, -0.25) is 9.59 Å². The van der Waals surface area contributed by atoms with Gasteiger partial charge in [0.15, 0.2) is 5.60 Å². The van der Waals surface area contributed by atoms with E-state index < -0.39 is 35.8 Å². The zero-order valence-electron chi connectivity index (χ0n) is 17.6. The molecule has 0 spiro atoms. The Balaban J connectivity index is 4.07. The molecule has 0 amide bonds. The van der Waals surface area contributed by atoms with Crippen LogP contribution in [0, 0.1) is 5.92 Å². The van der Waals surface area contributed by atoms with E-state index in [-0.39, 0.29) is 0 Å². The molecule has 0 saturated carbocycles. The lowest BCUT2D eigenvalue weighted by atomic mass is 9.84. The Kier molecular flexibility index (Phi) is 14.9. The number of unbranched alkanes of at least 4 members (excludes halogenated alkanes) is 12. The third-order valence-electron chi connectivity index (χ3n) is 5.12. The van der Waals surface area contributed by atoms with Gasteiger partial charge in [0.05, 0.1) is 6.42 Å². The Morgan fingerprint density at radius 2 is 1.24 bits per heavy atom. The molecular formula is C22H38O7. The van der Waals surface area contributed by atoms with Gasteiger partial charge < -0.3 is 20.4 Å². The summed E-state index contributed by atoms with van der Waals surface area (Å²) in [6, 6.07) is 0. The number of carbonyl (C=O) groups is 3. The number of carboxylic acid groups (broad SMARTS) is 3. The van der Waals surface area contributed by atoms with E-state index in [1.165, 1.54) is 63.9 Å². The van der Waals surface area contributed by atoms with Crippen molar-refractivity contribution in [2.75, 3.05) is 0 Å². The van der Waals surface area contributed by atoms with Gasteiger partial charge in [-0.05, 0) is 12.8 Å². The maximum atomic E-state index is 11.3. The molecule has 2 atom stereocenters. The largest absolute Gasteiger partial charge is 0.481 e. The summed E-state index contributed by atoms with van der Waals surface area (Å²) >= 11 is 0. The van der Waals surface area contributed by atoms with Crippen molar-refractivity contribution in [2.24, 2.45) is 5.92 Å². The Morgan fingerprint density at radius 1 is 0.793 bits per heavy atom. The minimum Gasteiger partial charge on any atom is -0.481 e. The van der Waals surface area contributed by atoms with E-state index in [1.807, 2.05) is 0 Å². The van der Waals surface area contributed by atoms with Gasteiger partial charge in [0.1, 0.15) is 5.92 Å². The van der Waals surface area contributed by atoms with Crippen molar-refractivity contribution in [3.8, 4) is 0 Å². The molecule has 4 N–H and O–H groups in total. The third kappa shape index (κ3) is 12.3. The first-order valence-electron chi connectivity index (χ1n) is 10.8. The van der Waals surface area contributed by atoms with E-state index >= 15 is 0 Å². The summed E-state index contributed by atoms with van der Waals surface area (Å²) in [4.78, 5) is 33.4. The van der Waals surface area contributed by atoms with Crippen LogP contribution in [0.4, 0.5) is 0 Å². The van der Waals surface area contributed by atoms with Crippen molar-refractivity contribution in [3.63, 3.8) is 0 Å². The molecular weight excluding hydrogens is 376 g/mol. The number of aliphatic carboxylic acids is 3. The maximum absolute atomic E-state index is 11.3. The van der Waals surface area contributed by atoms with E-state index in [1.54, 1.807) is 0 Å². The second-order valence-electron chi connectivity index (χ2n) is 7.72. The van der Waals surface area contributed by atoms with Crippen molar-refractivity contribution in [1.29, 1.82) is 0 Å². The summed E-state index contributed by atoms with van der Waals surface area (Å²) in [5.74, 6) is -6.81. The molecule has 0 radical (unpaired) electrons. The van der Waals surface area contributed by atoms with Gasteiger partial charge in [-0.15, -0.1) is 0 Å². The van der Waals surface area contributed by atoms with Crippen molar-refractivity contribution >= 4 is 17.9 Å².